The minimum atomic E-state index is -0.214. The van der Waals surface area contributed by atoms with Crippen molar-refractivity contribution in [1.82, 2.24) is 0 Å². The van der Waals surface area contributed by atoms with Crippen LogP contribution in [-0.2, 0) is 4.79 Å². The third-order valence-electron chi connectivity index (χ3n) is 3.66. The van der Waals surface area contributed by atoms with E-state index in [0.29, 0.717) is 3.57 Å². The van der Waals surface area contributed by atoms with E-state index in [-0.39, 0.29) is 17.8 Å². The molecule has 1 aromatic rings. The van der Waals surface area contributed by atoms with Gasteiger partial charge in [-0.3, -0.25) is 4.79 Å². The number of benzene rings is 1. The van der Waals surface area contributed by atoms with Gasteiger partial charge >= 0.3 is 0 Å². The second-order valence-electron chi connectivity index (χ2n) is 4.83. The molecule has 2 heterocycles. The third-order valence-corrected chi connectivity index (χ3v) is 4.49. The van der Waals surface area contributed by atoms with Crippen molar-refractivity contribution < 1.29 is 9.18 Å². The first-order valence-electron chi connectivity index (χ1n) is 6.23. The normalized spacial score (nSPS) is 22.9. The molecule has 0 saturated carbocycles. The fourth-order valence-electron chi connectivity index (χ4n) is 2.76. The lowest BCUT2D eigenvalue weighted by Crippen LogP contribution is -2.47. The lowest BCUT2D eigenvalue weighted by Gasteiger charge is -2.37. The van der Waals surface area contributed by atoms with Crippen LogP contribution in [0.15, 0.2) is 12.1 Å². The first-order valence-corrected chi connectivity index (χ1v) is 7.31. The largest absolute Gasteiger partial charge is 0.358 e. The summed E-state index contributed by atoms with van der Waals surface area (Å²) in [7, 11) is 0. The van der Waals surface area contributed by atoms with Crippen molar-refractivity contribution >= 4 is 39.9 Å². The molecule has 1 atom stereocenters. The Morgan fingerprint density at radius 1 is 1.33 bits per heavy atom. The highest BCUT2D eigenvalue weighted by Gasteiger charge is 2.34. The van der Waals surface area contributed by atoms with Gasteiger partial charge in [0.2, 0.25) is 5.91 Å². The molecule has 96 valence electrons. The van der Waals surface area contributed by atoms with E-state index in [2.05, 4.69) is 10.2 Å². The lowest BCUT2D eigenvalue weighted by atomic mass is 10.0. The van der Waals surface area contributed by atoms with E-state index in [1.54, 1.807) is 12.1 Å². The molecule has 3 nitrogen and oxygen atoms in total. The number of nitrogens with one attached hydrogen (secondary N) is 1. The highest BCUT2D eigenvalue weighted by atomic mass is 127. The molecule has 1 saturated heterocycles. The Hall–Kier alpha value is -0.850. The summed E-state index contributed by atoms with van der Waals surface area (Å²) in [5.74, 6) is -0.166. The van der Waals surface area contributed by atoms with Crippen molar-refractivity contribution in [2.24, 2.45) is 0 Å². The van der Waals surface area contributed by atoms with Gasteiger partial charge in [-0.25, -0.2) is 4.39 Å². The maximum atomic E-state index is 13.7. The number of nitrogens with zero attached hydrogens (tertiary/aromatic N) is 1. The molecule has 2 aliphatic rings. The van der Waals surface area contributed by atoms with Gasteiger partial charge in [0.15, 0.2) is 0 Å². The van der Waals surface area contributed by atoms with Crippen molar-refractivity contribution in [3.05, 3.63) is 21.5 Å². The number of fused-ring (bicyclic) bond motifs is 3. The van der Waals surface area contributed by atoms with E-state index < -0.39 is 0 Å². The molecule has 1 aromatic carbocycles. The van der Waals surface area contributed by atoms with Gasteiger partial charge in [-0.1, -0.05) is 12.8 Å². The van der Waals surface area contributed by atoms with Gasteiger partial charge < -0.3 is 10.2 Å². The summed E-state index contributed by atoms with van der Waals surface area (Å²) < 4.78 is 14.3. The van der Waals surface area contributed by atoms with Crippen molar-refractivity contribution in [2.75, 3.05) is 16.8 Å². The summed E-state index contributed by atoms with van der Waals surface area (Å²) in [6.45, 7) is 0.838. The molecule has 0 spiro atoms. The molecule has 5 heteroatoms. The molecular formula is C13H14FIN2O. The molecule has 0 radical (unpaired) electrons. The average molecular weight is 360 g/mol. The van der Waals surface area contributed by atoms with Crippen molar-refractivity contribution in [3.63, 3.8) is 0 Å². The summed E-state index contributed by atoms with van der Waals surface area (Å²) in [6.07, 6.45) is 4.13. The topological polar surface area (TPSA) is 32.3 Å². The maximum absolute atomic E-state index is 13.7. The molecular weight excluding hydrogens is 346 g/mol. The summed E-state index contributed by atoms with van der Waals surface area (Å²) >= 11 is 1.95. The quantitative estimate of drug-likeness (QED) is 0.721. The first kappa shape index (κ1) is 12.2. The molecule has 18 heavy (non-hydrogen) atoms. The average Bonchev–Trinajstić information content (AvgIpc) is 2.58. The zero-order valence-electron chi connectivity index (χ0n) is 9.88. The fraction of sp³-hybridized carbons (Fsp3) is 0.462. The number of anilines is 2. The van der Waals surface area contributed by atoms with Gasteiger partial charge in [0.1, 0.15) is 11.9 Å². The Labute approximate surface area is 119 Å². The van der Waals surface area contributed by atoms with Gasteiger partial charge in [-0.15, -0.1) is 0 Å². The van der Waals surface area contributed by atoms with E-state index in [4.69, 9.17) is 0 Å². The Bertz CT molecular complexity index is 506. The summed E-state index contributed by atoms with van der Waals surface area (Å²) in [5, 5.41) is 2.90. The molecule has 0 aromatic heterocycles. The summed E-state index contributed by atoms with van der Waals surface area (Å²) in [4.78, 5) is 14.2. The second-order valence-corrected chi connectivity index (χ2v) is 5.99. The van der Waals surface area contributed by atoms with Crippen LogP contribution < -0.4 is 10.2 Å². The number of carbonyl (C=O) groups is 1. The van der Waals surface area contributed by atoms with Gasteiger partial charge in [0.05, 0.1) is 14.9 Å². The number of amides is 1. The minimum absolute atomic E-state index is 0.0480. The Morgan fingerprint density at radius 3 is 3.00 bits per heavy atom. The van der Waals surface area contributed by atoms with Crippen LogP contribution in [0.25, 0.3) is 0 Å². The third kappa shape index (κ3) is 1.98. The number of halogens is 2. The zero-order valence-corrected chi connectivity index (χ0v) is 12.0. The highest BCUT2D eigenvalue weighted by molar-refractivity contribution is 14.1. The van der Waals surface area contributed by atoms with Gasteiger partial charge in [0, 0.05) is 12.6 Å². The molecule has 1 amide bonds. The molecule has 1 N–H and O–H groups in total. The Kier molecular flexibility index (Phi) is 3.17. The number of hydrogen-bond donors (Lipinski definition) is 1. The molecule has 0 bridgehead atoms. The van der Waals surface area contributed by atoms with E-state index in [1.807, 2.05) is 22.6 Å². The predicted molar refractivity (Wildman–Crippen MR) is 77.3 cm³/mol. The number of hydrogen-bond acceptors (Lipinski definition) is 2. The van der Waals surface area contributed by atoms with Gasteiger partial charge in [0.25, 0.3) is 0 Å². The molecule has 2 aliphatic heterocycles. The lowest BCUT2D eigenvalue weighted by molar-refractivity contribution is -0.117. The molecule has 1 fully saturated rings. The minimum Gasteiger partial charge on any atom is -0.358 e. The molecule has 0 aliphatic carbocycles. The second kappa shape index (κ2) is 4.68. The fourth-order valence-corrected chi connectivity index (χ4v) is 3.23. The van der Waals surface area contributed by atoms with Crippen LogP contribution in [0.2, 0.25) is 0 Å². The van der Waals surface area contributed by atoms with Crippen LogP contribution in [0.3, 0.4) is 0 Å². The number of carbonyl (C=O) groups excluding carboxylic acids is 1. The van der Waals surface area contributed by atoms with Crippen molar-refractivity contribution in [2.45, 2.75) is 31.7 Å². The van der Waals surface area contributed by atoms with E-state index >= 15 is 0 Å². The van der Waals surface area contributed by atoms with Crippen LogP contribution >= 0.6 is 22.6 Å². The Balaban J connectivity index is 2.08. The van der Waals surface area contributed by atoms with Crippen LogP contribution in [0, 0.1) is 9.39 Å². The predicted octanol–water partition coefficient (Wildman–Crippen LogP) is 3.13. The maximum Gasteiger partial charge on any atom is 0.247 e. The zero-order chi connectivity index (χ0) is 12.7. The molecule has 3 rings (SSSR count). The standard InChI is InChI=1S/C13H14FIN2O/c14-8-6-12-10(7-9(8)15)16-13(18)11-4-2-1-3-5-17(11)12/h6-7,11H,1-5H2,(H,16,18). The summed E-state index contributed by atoms with van der Waals surface area (Å²) in [6, 6.07) is 3.14. The van der Waals surface area contributed by atoms with Crippen molar-refractivity contribution in [1.29, 1.82) is 0 Å². The van der Waals surface area contributed by atoms with Crippen LogP contribution in [0.1, 0.15) is 25.7 Å². The van der Waals surface area contributed by atoms with E-state index in [1.165, 1.54) is 0 Å². The van der Waals surface area contributed by atoms with Crippen LogP contribution in [0.4, 0.5) is 15.8 Å². The Morgan fingerprint density at radius 2 is 2.17 bits per heavy atom. The van der Waals surface area contributed by atoms with Crippen LogP contribution in [-0.4, -0.2) is 18.5 Å². The van der Waals surface area contributed by atoms with Gasteiger partial charge in [-0.2, -0.15) is 0 Å². The van der Waals surface area contributed by atoms with E-state index in [9.17, 15) is 9.18 Å². The van der Waals surface area contributed by atoms with Crippen LogP contribution in [0.5, 0.6) is 0 Å². The smallest absolute Gasteiger partial charge is 0.247 e. The van der Waals surface area contributed by atoms with Crippen molar-refractivity contribution in [3.8, 4) is 0 Å². The summed E-state index contributed by atoms with van der Waals surface area (Å²) in [5.41, 5.74) is 1.57. The van der Waals surface area contributed by atoms with Gasteiger partial charge in [-0.05, 0) is 41.5 Å². The van der Waals surface area contributed by atoms with E-state index in [0.717, 1.165) is 43.6 Å². The number of rotatable bonds is 0. The monoisotopic (exact) mass is 360 g/mol. The first-order chi connectivity index (χ1) is 8.66. The highest BCUT2D eigenvalue weighted by Crippen LogP contribution is 2.37. The molecule has 1 unspecified atom stereocenters. The SMILES string of the molecule is O=C1Nc2cc(I)c(F)cc2N2CCCCCC12.